The van der Waals surface area contributed by atoms with E-state index in [1.54, 1.807) is 7.11 Å². The zero-order valence-electron chi connectivity index (χ0n) is 14.6. The van der Waals surface area contributed by atoms with Crippen LogP contribution < -0.4 is 9.47 Å². The Morgan fingerprint density at radius 2 is 2.00 bits per heavy atom. The van der Waals surface area contributed by atoms with Gasteiger partial charge in [-0.05, 0) is 36.3 Å². The summed E-state index contributed by atoms with van der Waals surface area (Å²) in [6.45, 7) is 2.36. The number of aryl methyl sites for hydroxylation is 1. The summed E-state index contributed by atoms with van der Waals surface area (Å²) in [4.78, 5) is 4.38. The molecule has 0 radical (unpaired) electrons. The molecule has 0 spiro atoms. The first-order valence-electron chi connectivity index (χ1n) is 8.08. The second kappa shape index (κ2) is 8.32. The first-order chi connectivity index (χ1) is 12.7. The molecule has 0 N–H and O–H groups in total. The van der Waals surface area contributed by atoms with Gasteiger partial charge in [-0.2, -0.15) is 5.26 Å². The fraction of sp³-hybridized carbons (Fsp3) is 0.143. The van der Waals surface area contributed by atoms with Gasteiger partial charge in [0.1, 0.15) is 17.7 Å². The van der Waals surface area contributed by atoms with Crippen LogP contribution in [0.1, 0.15) is 21.8 Å². The molecule has 5 heteroatoms. The highest BCUT2D eigenvalue weighted by Gasteiger charge is 2.09. The van der Waals surface area contributed by atoms with Crippen molar-refractivity contribution in [2.75, 3.05) is 7.11 Å². The molecule has 0 bridgehead atoms. The number of hydrogen-bond acceptors (Lipinski definition) is 5. The molecule has 0 saturated heterocycles. The van der Waals surface area contributed by atoms with E-state index >= 15 is 0 Å². The highest BCUT2D eigenvalue weighted by atomic mass is 32.1. The van der Waals surface area contributed by atoms with Crippen molar-refractivity contribution in [3.63, 3.8) is 0 Å². The Labute approximate surface area is 157 Å². The maximum atomic E-state index is 9.46. The summed E-state index contributed by atoms with van der Waals surface area (Å²) in [5, 5.41) is 12.1. The molecule has 1 heterocycles. The smallest absolute Gasteiger partial charge is 0.162 e. The van der Waals surface area contributed by atoms with Crippen LogP contribution in [0.25, 0.3) is 11.6 Å². The Hall–Kier alpha value is -3.10. The maximum Gasteiger partial charge on any atom is 0.162 e. The van der Waals surface area contributed by atoms with Crippen LogP contribution in [0.3, 0.4) is 0 Å². The van der Waals surface area contributed by atoms with Crippen LogP contribution in [0.5, 0.6) is 11.5 Å². The van der Waals surface area contributed by atoms with E-state index < -0.39 is 0 Å². The Bertz CT molecular complexity index is 956. The van der Waals surface area contributed by atoms with Crippen molar-refractivity contribution in [2.45, 2.75) is 13.5 Å². The number of methoxy groups -OCH3 is 1. The summed E-state index contributed by atoms with van der Waals surface area (Å²) in [6, 6.07) is 17.8. The molecule has 26 heavy (non-hydrogen) atoms. The number of nitriles is 1. The average molecular weight is 362 g/mol. The summed E-state index contributed by atoms with van der Waals surface area (Å²) >= 11 is 1.46. The molecule has 2 aromatic carbocycles. The minimum Gasteiger partial charge on any atom is -0.493 e. The molecule has 0 fully saturated rings. The van der Waals surface area contributed by atoms with Crippen LogP contribution in [0, 0.1) is 18.3 Å². The molecule has 4 nitrogen and oxygen atoms in total. The summed E-state index contributed by atoms with van der Waals surface area (Å²) in [6.07, 6.45) is 1.81. The standard InChI is InChI=1S/C21H18N2O2S/c1-15-14-26-21(23-15)18(12-22)10-17-8-9-19(24-2)20(11-17)25-13-16-6-4-3-5-7-16/h3-11,14H,13H2,1-2H3/b18-10+. The monoisotopic (exact) mass is 362 g/mol. The third-order valence-corrected chi connectivity index (χ3v) is 4.70. The highest BCUT2D eigenvalue weighted by molar-refractivity contribution is 7.11. The molecule has 0 aliphatic heterocycles. The summed E-state index contributed by atoms with van der Waals surface area (Å²) in [7, 11) is 1.61. The van der Waals surface area contributed by atoms with Gasteiger partial charge in [0.25, 0.3) is 0 Å². The van der Waals surface area contributed by atoms with E-state index in [9.17, 15) is 5.26 Å². The lowest BCUT2D eigenvalue weighted by molar-refractivity contribution is 0.284. The van der Waals surface area contributed by atoms with Crippen LogP contribution in [-0.2, 0) is 6.61 Å². The van der Waals surface area contributed by atoms with Crippen molar-refractivity contribution in [1.82, 2.24) is 4.98 Å². The van der Waals surface area contributed by atoms with Gasteiger partial charge in [-0.25, -0.2) is 4.98 Å². The Morgan fingerprint density at radius 3 is 2.65 bits per heavy atom. The zero-order valence-corrected chi connectivity index (χ0v) is 15.4. The van der Waals surface area contributed by atoms with Gasteiger partial charge >= 0.3 is 0 Å². The lowest BCUT2D eigenvalue weighted by atomic mass is 10.1. The van der Waals surface area contributed by atoms with Crippen LogP contribution in [0.15, 0.2) is 53.9 Å². The van der Waals surface area contributed by atoms with Gasteiger partial charge < -0.3 is 9.47 Å². The minimum absolute atomic E-state index is 0.446. The molecule has 1 aromatic heterocycles. The van der Waals surface area contributed by atoms with Gasteiger partial charge in [-0.15, -0.1) is 11.3 Å². The van der Waals surface area contributed by atoms with Gasteiger partial charge in [-0.3, -0.25) is 0 Å². The topological polar surface area (TPSA) is 55.1 Å². The van der Waals surface area contributed by atoms with Gasteiger partial charge in [0, 0.05) is 11.1 Å². The lowest BCUT2D eigenvalue weighted by Gasteiger charge is -2.11. The summed E-state index contributed by atoms with van der Waals surface area (Å²) in [5.41, 5.74) is 3.37. The van der Waals surface area contributed by atoms with Crippen LogP contribution >= 0.6 is 11.3 Å². The number of nitrogens with zero attached hydrogens (tertiary/aromatic N) is 2. The Kier molecular flexibility index (Phi) is 5.67. The molecule has 0 aliphatic rings. The number of hydrogen-bond donors (Lipinski definition) is 0. The molecule has 0 saturated carbocycles. The number of ether oxygens (including phenoxy) is 2. The maximum absolute atomic E-state index is 9.46. The number of thiazole rings is 1. The van der Waals surface area contributed by atoms with Crippen molar-refractivity contribution in [3.05, 3.63) is 75.7 Å². The van der Waals surface area contributed by atoms with Crippen molar-refractivity contribution >= 4 is 23.0 Å². The summed E-state index contributed by atoms with van der Waals surface area (Å²) in [5.74, 6) is 1.29. The van der Waals surface area contributed by atoms with E-state index in [2.05, 4.69) is 11.1 Å². The van der Waals surface area contributed by atoms with E-state index in [0.717, 1.165) is 16.8 Å². The van der Waals surface area contributed by atoms with E-state index in [1.165, 1.54) is 11.3 Å². The van der Waals surface area contributed by atoms with E-state index in [1.807, 2.05) is 66.9 Å². The van der Waals surface area contributed by atoms with Gasteiger partial charge in [-0.1, -0.05) is 36.4 Å². The molecule has 130 valence electrons. The molecule has 0 atom stereocenters. The normalized spacial score (nSPS) is 11.0. The first kappa shape index (κ1) is 17.7. The van der Waals surface area contributed by atoms with Crippen LogP contribution in [0.2, 0.25) is 0 Å². The number of benzene rings is 2. The SMILES string of the molecule is COc1ccc(/C=C(\C#N)c2nc(C)cs2)cc1OCc1ccccc1. The van der Waals surface area contributed by atoms with Gasteiger partial charge in [0.05, 0.1) is 12.7 Å². The molecular formula is C21H18N2O2S. The van der Waals surface area contributed by atoms with E-state index in [-0.39, 0.29) is 0 Å². The highest BCUT2D eigenvalue weighted by Crippen LogP contribution is 2.31. The van der Waals surface area contributed by atoms with Gasteiger partial charge in [0.15, 0.2) is 11.5 Å². The number of rotatable bonds is 6. The third kappa shape index (κ3) is 4.29. The lowest BCUT2D eigenvalue weighted by Crippen LogP contribution is -1.98. The Balaban J connectivity index is 1.86. The van der Waals surface area contributed by atoms with Crippen molar-refractivity contribution < 1.29 is 9.47 Å². The molecule has 0 aliphatic carbocycles. The van der Waals surface area contributed by atoms with Crippen molar-refractivity contribution in [2.24, 2.45) is 0 Å². The minimum atomic E-state index is 0.446. The predicted octanol–water partition coefficient (Wildman–Crippen LogP) is 5.10. The predicted molar refractivity (Wildman–Crippen MR) is 104 cm³/mol. The first-order valence-corrected chi connectivity index (χ1v) is 8.96. The molecule has 0 unspecified atom stereocenters. The van der Waals surface area contributed by atoms with Crippen molar-refractivity contribution in [3.8, 4) is 17.6 Å². The number of allylic oxidation sites excluding steroid dienone is 1. The molecule has 0 amide bonds. The van der Waals surface area contributed by atoms with E-state index in [0.29, 0.717) is 28.7 Å². The fourth-order valence-corrected chi connectivity index (χ4v) is 3.18. The van der Waals surface area contributed by atoms with Crippen molar-refractivity contribution in [1.29, 1.82) is 5.26 Å². The second-order valence-electron chi connectivity index (χ2n) is 5.65. The average Bonchev–Trinajstić information content (AvgIpc) is 3.11. The fourth-order valence-electron chi connectivity index (χ4n) is 2.42. The molecule has 3 rings (SSSR count). The van der Waals surface area contributed by atoms with Crippen LogP contribution in [0.4, 0.5) is 0 Å². The molecule has 3 aromatic rings. The summed E-state index contributed by atoms with van der Waals surface area (Å²) < 4.78 is 11.3. The molecular weight excluding hydrogens is 344 g/mol. The quantitative estimate of drug-likeness (QED) is 0.572. The van der Waals surface area contributed by atoms with Gasteiger partial charge in [0.2, 0.25) is 0 Å². The second-order valence-corrected chi connectivity index (χ2v) is 6.51. The largest absolute Gasteiger partial charge is 0.493 e. The Morgan fingerprint density at radius 1 is 1.19 bits per heavy atom. The van der Waals surface area contributed by atoms with E-state index in [4.69, 9.17) is 9.47 Å². The number of aromatic nitrogens is 1. The zero-order chi connectivity index (χ0) is 18.4. The van der Waals surface area contributed by atoms with Crippen LogP contribution in [-0.4, -0.2) is 12.1 Å². The third-order valence-electron chi connectivity index (χ3n) is 3.71.